The molecule has 0 amide bonds. The summed E-state index contributed by atoms with van der Waals surface area (Å²) in [5, 5.41) is 8.94. The van der Waals surface area contributed by atoms with Crippen molar-refractivity contribution in [2.75, 3.05) is 0 Å². The topological polar surface area (TPSA) is 33.0 Å². The molecular formula is C24H29NO. The normalized spacial score (nSPS) is 21.0. The van der Waals surface area contributed by atoms with Crippen molar-refractivity contribution in [2.45, 2.75) is 70.3 Å². The van der Waals surface area contributed by atoms with Gasteiger partial charge in [0.25, 0.3) is 0 Å². The maximum Gasteiger partial charge on any atom is 0.119 e. The summed E-state index contributed by atoms with van der Waals surface area (Å²) in [5.74, 6) is 2.28. The number of ether oxygens (including phenoxy) is 1. The summed E-state index contributed by atoms with van der Waals surface area (Å²) in [5.41, 5.74) is 3.58. The van der Waals surface area contributed by atoms with Crippen molar-refractivity contribution in [3.05, 3.63) is 65.2 Å². The van der Waals surface area contributed by atoms with Crippen LogP contribution in [0.5, 0.6) is 5.75 Å². The Morgan fingerprint density at radius 1 is 0.923 bits per heavy atom. The summed E-state index contributed by atoms with van der Waals surface area (Å²) in [7, 11) is 0. The van der Waals surface area contributed by atoms with Crippen molar-refractivity contribution < 1.29 is 4.74 Å². The minimum absolute atomic E-state index is 0.286. The van der Waals surface area contributed by atoms with Crippen molar-refractivity contribution in [3.63, 3.8) is 0 Å². The van der Waals surface area contributed by atoms with Crippen LogP contribution < -0.4 is 4.74 Å². The minimum atomic E-state index is 0.286. The van der Waals surface area contributed by atoms with Crippen LogP contribution in [0.25, 0.3) is 0 Å². The summed E-state index contributed by atoms with van der Waals surface area (Å²) in [6.45, 7) is 4.33. The Bertz CT molecular complexity index is 718. The molecule has 136 valence electrons. The second-order valence-corrected chi connectivity index (χ2v) is 7.57. The van der Waals surface area contributed by atoms with E-state index >= 15 is 0 Å². The average Bonchev–Trinajstić information content (AvgIpc) is 2.69. The minimum Gasteiger partial charge on any atom is -0.491 e. The number of hydrogen-bond donors (Lipinski definition) is 0. The van der Waals surface area contributed by atoms with Gasteiger partial charge >= 0.3 is 0 Å². The summed E-state index contributed by atoms with van der Waals surface area (Å²) >= 11 is 0. The van der Waals surface area contributed by atoms with Gasteiger partial charge in [0.1, 0.15) is 5.75 Å². The summed E-state index contributed by atoms with van der Waals surface area (Å²) in [6.07, 6.45) is 7.45. The molecule has 2 heteroatoms. The highest BCUT2D eigenvalue weighted by Crippen LogP contribution is 2.40. The van der Waals surface area contributed by atoms with Crippen LogP contribution in [-0.2, 0) is 0 Å². The molecule has 0 aliphatic heterocycles. The highest BCUT2D eigenvalue weighted by Gasteiger charge is 2.23. The van der Waals surface area contributed by atoms with E-state index < -0.39 is 0 Å². The molecule has 2 aromatic rings. The van der Waals surface area contributed by atoms with E-state index in [1.807, 2.05) is 12.1 Å². The first-order valence-corrected chi connectivity index (χ1v) is 9.96. The number of rotatable bonds is 6. The molecule has 1 atom stereocenters. The van der Waals surface area contributed by atoms with Crippen LogP contribution >= 0.6 is 0 Å². The maximum atomic E-state index is 8.94. The lowest BCUT2D eigenvalue weighted by atomic mass is 9.76. The van der Waals surface area contributed by atoms with Crippen LogP contribution in [-0.4, -0.2) is 6.10 Å². The SMILES string of the molecule is CCCC(C)Oc1ccc([C@H]2CC[C@H](c3ccc(C#N)cc3)CC2)cc1. The van der Waals surface area contributed by atoms with E-state index in [9.17, 15) is 0 Å². The molecule has 1 aliphatic carbocycles. The molecule has 2 aromatic carbocycles. The van der Waals surface area contributed by atoms with Crippen LogP contribution in [0.3, 0.4) is 0 Å². The summed E-state index contributed by atoms with van der Waals surface area (Å²) in [4.78, 5) is 0. The van der Waals surface area contributed by atoms with Gasteiger partial charge in [0, 0.05) is 0 Å². The Hall–Kier alpha value is -2.27. The second kappa shape index (κ2) is 8.90. The quantitative estimate of drug-likeness (QED) is 0.592. The van der Waals surface area contributed by atoms with E-state index in [2.05, 4.69) is 56.3 Å². The lowest BCUT2D eigenvalue weighted by molar-refractivity contribution is 0.210. The van der Waals surface area contributed by atoms with Gasteiger partial charge in [0.05, 0.1) is 17.7 Å². The van der Waals surface area contributed by atoms with Crippen LogP contribution in [0.2, 0.25) is 0 Å². The first-order chi connectivity index (χ1) is 12.7. The molecule has 0 aromatic heterocycles. The molecule has 1 aliphatic rings. The van der Waals surface area contributed by atoms with E-state index in [0.29, 0.717) is 11.8 Å². The number of nitriles is 1. The zero-order chi connectivity index (χ0) is 18.4. The Kier molecular flexibility index (Phi) is 6.34. The Morgan fingerprint density at radius 2 is 1.42 bits per heavy atom. The van der Waals surface area contributed by atoms with Gasteiger partial charge in [-0.1, -0.05) is 37.6 Å². The van der Waals surface area contributed by atoms with Gasteiger partial charge in [-0.2, -0.15) is 5.26 Å². The molecule has 0 bridgehead atoms. The molecule has 0 spiro atoms. The van der Waals surface area contributed by atoms with Gasteiger partial charge in [0.15, 0.2) is 0 Å². The van der Waals surface area contributed by atoms with Crippen molar-refractivity contribution in [1.82, 2.24) is 0 Å². The standard InChI is InChI=1S/C24H29NO/c1-3-4-18(2)26-24-15-13-23(14-16-24)22-11-9-21(10-12-22)20-7-5-19(17-25)6-8-20/h5-8,13-16,18,21-22H,3-4,9-12H2,1-2H3/t18?,21-,22-. The van der Waals surface area contributed by atoms with Gasteiger partial charge < -0.3 is 4.74 Å². The molecular weight excluding hydrogens is 318 g/mol. The van der Waals surface area contributed by atoms with E-state index in [1.165, 1.54) is 36.8 Å². The highest BCUT2D eigenvalue weighted by atomic mass is 16.5. The molecule has 1 unspecified atom stereocenters. The highest BCUT2D eigenvalue weighted by molar-refractivity contribution is 5.34. The molecule has 0 saturated heterocycles. The van der Waals surface area contributed by atoms with Gasteiger partial charge in [-0.3, -0.25) is 0 Å². The molecule has 0 N–H and O–H groups in total. The van der Waals surface area contributed by atoms with E-state index in [-0.39, 0.29) is 6.10 Å². The molecule has 0 heterocycles. The predicted molar refractivity (Wildman–Crippen MR) is 107 cm³/mol. The Labute approximate surface area is 157 Å². The van der Waals surface area contributed by atoms with Gasteiger partial charge in [-0.15, -0.1) is 0 Å². The van der Waals surface area contributed by atoms with Gasteiger partial charge in [-0.05, 0) is 86.3 Å². The van der Waals surface area contributed by atoms with Crippen LogP contribution in [0, 0.1) is 11.3 Å². The van der Waals surface area contributed by atoms with Gasteiger partial charge in [0.2, 0.25) is 0 Å². The molecule has 1 fully saturated rings. The van der Waals surface area contributed by atoms with Crippen molar-refractivity contribution >= 4 is 0 Å². The fraction of sp³-hybridized carbons (Fsp3) is 0.458. The van der Waals surface area contributed by atoms with Crippen LogP contribution in [0.15, 0.2) is 48.5 Å². The van der Waals surface area contributed by atoms with E-state index in [0.717, 1.165) is 24.2 Å². The monoisotopic (exact) mass is 347 g/mol. The third-order valence-corrected chi connectivity index (χ3v) is 5.62. The third-order valence-electron chi connectivity index (χ3n) is 5.62. The zero-order valence-electron chi connectivity index (χ0n) is 15.9. The van der Waals surface area contributed by atoms with E-state index in [1.54, 1.807) is 0 Å². The second-order valence-electron chi connectivity index (χ2n) is 7.57. The Balaban J connectivity index is 1.55. The zero-order valence-corrected chi connectivity index (χ0v) is 15.9. The summed E-state index contributed by atoms with van der Waals surface area (Å²) < 4.78 is 5.97. The van der Waals surface area contributed by atoms with Crippen molar-refractivity contribution in [2.24, 2.45) is 0 Å². The summed E-state index contributed by atoms with van der Waals surface area (Å²) in [6, 6.07) is 19.1. The van der Waals surface area contributed by atoms with Crippen LogP contribution in [0.1, 0.15) is 80.9 Å². The van der Waals surface area contributed by atoms with Crippen molar-refractivity contribution in [1.29, 1.82) is 5.26 Å². The lowest BCUT2D eigenvalue weighted by Crippen LogP contribution is -2.13. The fourth-order valence-corrected chi connectivity index (χ4v) is 4.11. The number of hydrogen-bond acceptors (Lipinski definition) is 2. The van der Waals surface area contributed by atoms with Gasteiger partial charge in [-0.25, -0.2) is 0 Å². The van der Waals surface area contributed by atoms with E-state index in [4.69, 9.17) is 10.00 Å². The third kappa shape index (κ3) is 4.67. The fourth-order valence-electron chi connectivity index (χ4n) is 4.11. The molecule has 2 nitrogen and oxygen atoms in total. The molecule has 1 saturated carbocycles. The number of nitrogens with zero attached hydrogens (tertiary/aromatic N) is 1. The maximum absolute atomic E-state index is 8.94. The number of benzene rings is 2. The largest absolute Gasteiger partial charge is 0.491 e. The molecule has 0 radical (unpaired) electrons. The van der Waals surface area contributed by atoms with Crippen molar-refractivity contribution in [3.8, 4) is 11.8 Å². The van der Waals surface area contributed by atoms with Crippen LogP contribution in [0.4, 0.5) is 0 Å². The smallest absolute Gasteiger partial charge is 0.119 e. The molecule has 26 heavy (non-hydrogen) atoms. The predicted octanol–water partition coefficient (Wildman–Crippen LogP) is 6.57. The first-order valence-electron chi connectivity index (χ1n) is 9.96. The average molecular weight is 348 g/mol. The first kappa shape index (κ1) is 18.5. The Morgan fingerprint density at radius 3 is 1.88 bits per heavy atom. The lowest BCUT2D eigenvalue weighted by Gasteiger charge is -2.29. The molecule has 3 rings (SSSR count).